The van der Waals surface area contributed by atoms with Crippen LogP contribution in [-0.2, 0) is 19.1 Å². The Labute approximate surface area is 227 Å². The molecule has 1 atom stereocenters. The molecular formula is C27H24BrClN2O6. The molecule has 0 saturated carbocycles. The minimum absolute atomic E-state index is 0.00134. The van der Waals surface area contributed by atoms with Gasteiger partial charge in [-0.3, -0.25) is 14.4 Å². The molecule has 1 N–H and O–H groups in total. The van der Waals surface area contributed by atoms with Crippen LogP contribution in [0.1, 0.15) is 12.0 Å². The number of hydrogen-bond donors (Lipinski definition) is 1. The molecule has 0 radical (unpaired) electrons. The number of rotatable bonds is 8. The average Bonchev–Trinajstić information content (AvgIpc) is 3.30. The lowest BCUT2D eigenvalue weighted by Gasteiger charge is -2.17. The summed E-state index contributed by atoms with van der Waals surface area (Å²) < 4.78 is 17.1. The van der Waals surface area contributed by atoms with Gasteiger partial charge in [0.05, 0.1) is 18.1 Å². The van der Waals surface area contributed by atoms with Crippen molar-refractivity contribution in [3.05, 3.63) is 75.7 Å². The van der Waals surface area contributed by atoms with E-state index >= 15 is 0 Å². The van der Waals surface area contributed by atoms with Gasteiger partial charge in [-0.2, -0.15) is 0 Å². The van der Waals surface area contributed by atoms with E-state index in [2.05, 4.69) is 21.2 Å². The lowest BCUT2D eigenvalue weighted by Crippen LogP contribution is -2.28. The number of hydrogen-bond acceptors (Lipinski definition) is 6. The van der Waals surface area contributed by atoms with E-state index in [0.717, 1.165) is 0 Å². The SMILES string of the molecule is COc1ccccc1Oc1ccc(N2C[C@@H](C(=O)OCC(=O)Nc3ccc(Br)c(Cl)c3C)CC2=O)cc1. The van der Waals surface area contributed by atoms with Crippen LogP contribution in [0.3, 0.4) is 0 Å². The summed E-state index contributed by atoms with van der Waals surface area (Å²) in [4.78, 5) is 39.0. The first-order valence-corrected chi connectivity index (χ1v) is 12.6. The first kappa shape index (κ1) is 26.5. The molecule has 3 aromatic carbocycles. The Kier molecular flexibility index (Phi) is 8.35. The van der Waals surface area contributed by atoms with Gasteiger partial charge < -0.3 is 24.4 Å². The van der Waals surface area contributed by atoms with Crippen molar-refractivity contribution in [2.45, 2.75) is 13.3 Å². The van der Waals surface area contributed by atoms with E-state index in [1.165, 1.54) is 4.90 Å². The van der Waals surface area contributed by atoms with Crippen LogP contribution in [0.25, 0.3) is 0 Å². The summed E-state index contributed by atoms with van der Waals surface area (Å²) in [5.74, 6) is -0.232. The fourth-order valence-corrected chi connectivity index (χ4v) is 4.46. The molecule has 1 aliphatic rings. The maximum absolute atomic E-state index is 12.6. The Morgan fingerprint density at radius 1 is 1.08 bits per heavy atom. The highest BCUT2D eigenvalue weighted by Crippen LogP contribution is 2.33. The minimum Gasteiger partial charge on any atom is -0.493 e. The molecule has 10 heteroatoms. The largest absolute Gasteiger partial charge is 0.493 e. The summed E-state index contributed by atoms with van der Waals surface area (Å²) in [6.07, 6.45) is 0.00134. The van der Waals surface area contributed by atoms with Gasteiger partial charge in [-0.15, -0.1) is 0 Å². The molecule has 0 aromatic heterocycles. The number of nitrogens with one attached hydrogen (secondary N) is 1. The Morgan fingerprint density at radius 3 is 2.49 bits per heavy atom. The van der Waals surface area contributed by atoms with Crippen LogP contribution in [0.15, 0.2) is 65.1 Å². The van der Waals surface area contributed by atoms with Crippen LogP contribution in [0.4, 0.5) is 11.4 Å². The predicted molar refractivity (Wildman–Crippen MR) is 143 cm³/mol. The third kappa shape index (κ3) is 6.23. The molecule has 192 valence electrons. The van der Waals surface area contributed by atoms with Crippen LogP contribution in [-0.4, -0.2) is 38.0 Å². The van der Waals surface area contributed by atoms with E-state index in [1.54, 1.807) is 62.6 Å². The number of nitrogens with zero attached hydrogens (tertiary/aromatic N) is 1. The Balaban J connectivity index is 1.31. The Hall–Kier alpha value is -3.56. The van der Waals surface area contributed by atoms with Gasteiger partial charge in [0.2, 0.25) is 5.91 Å². The van der Waals surface area contributed by atoms with Crippen LogP contribution in [0, 0.1) is 12.8 Å². The molecule has 0 spiro atoms. The summed E-state index contributed by atoms with van der Waals surface area (Å²) in [5.41, 5.74) is 1.84. The average molecular weight is 588 g/mol. The van der Waals surface area contributed by atoms with Crippen molar-refractivity contribution in [1.82, 2.24) is 0 Å². The summed E-state index contributed by atoms with van der Waals surface area (Å²) in [6.45, 7) is 1.46. The number of ether oxygens (including phenoxy) is 3. The molecule has 1 fully saturated rings. The number of carbonyl (C=O) groups excluding carboxylic acids is 3. The maximum atomic E-state index is 12.6. The Bertz CT molecular complexity index is 1330. The number of para-hydroxylation sites is 2. The van der Waals surface area contributed by atoms with Crippen molar-refractivity contribution in [3.63, 3.8) is 0 Å². The predicted octanol–water partition coefficient (Wildman–Crippen LogP) is 5.75. The standard InChI is InChI=1S/C27H24BrClN2O6/c1-16-21(12-11-20(28)26(16)29)30-24(32)15-36-27(34)17-13-25(33)31(14-17)18-7-9-19(10-8-18)37-23-6-4-3-5-22(23)35-2/h3-12,17H,13-15H2,1-2H3,(H,30,32)/t17-/m0/s1. The zero-order valence-corrected chi connectivity index (χ0v) is 22.5. The third-order valence-electron chi connectivity index (χ3n) is 5.86. The van der Waals surface area contributed by atoms with Gasteiger partial charge in [-0.25, -0.2) is 0 Å². The maximum Gasteiger partial charge on any atom is 0.311 e. The van der Waals surface area contributed by atoms with E-state index in [-0.39, 0.29) is 18.9 Å². The fraction of sp³-hybridized carbons (Fsp3) is 0.222. The normalized spacial score (nSPS) is 14.9. The van der Waals surface area contributed by atoms with Gasteiger partial charge >= 0.3 is 5.97 Å². The highest BCUT2D eigenvalue weighted by atomic mass is 79.9. The number of benzene rings is 3. The minimum atomic E-state index is -0.673. The number of amides is 2. The van der Waals surface area contributed by atoms with Crippen LogP contribution < -0.4 is 19.7 Å². The first-order valence-electron chi connectivity index (χ1n) is 11.4. The quantitative estimate of drug-likeness (QED) is 0.338. The molecule has 0 unspecified atom stereocenters. The van der Waals surface area contributed by atoms with Gasteiger partial charge in [-0.1, -0.05) is 23.7 Å². The van der Waals surface area contributed by atoms with Crippen LogP contribution in [0.5, 0.6) is 17.2 Å². The monoisotopic (exact) mass is 586 g/mol. The van der Waals surface area contributed by atoms with Crippen LogP contribution in [0.2, 0.25) is 5.02 Å². The van der Waals surface area contributed by atoms with Gasteiger partial charge in [-0.05, 0) is 76.9 Å². The molecule has 1 aliphatic heterocycles. The van der Waals surface area contributed by atoms with Crippen molar-refractivity contribution in [2.75, 3.05) is 30.5 Å². The summed E-state index contributed by atoms with van der Waals surface area (Å²) in [7, 11) is 1.57. The molecule has 1 heterocycles. The lowest BCUT2D eigenvalue weighted by molar-refractivity contribution is -0.151. The molecule has 0 bridgehead atoms. The van der Waals surface area contributed by atoms with Crippen molar-refractivity contribution in [2.24, 2.45) is 5.92 Å². The summed E-state index contributed by atoms with van der Waals surface area (Å²) >= 11 is 9.51. The van der Waals surface area contributed by atoms with E-state index < -0.39 is 24.4 Å². The number of carbonyl (C=O) groups is 3. The van der Waals surface area contributed by atoms with Crippen molar-refractivity contribution in [3.8, 4) is 17.2 Å². The first-order chi connectivity index (χ1) is 17.8. The van der Waals surface area contributed by atoms with Gasteiger partial charge in [0.15, 0.2) is 18.1 Å². The molecule has 37 heavy (non-hydrogen) atoms. The highest BCUT2D eigenvalue weighted by Gasteiger charge is 2.36. The molecular weight excluding hydrogens is 564 g/mol. The third-order valence-corrected chi connectivity index (χ3v) is 7.24. The molecule has 2 amide bonds. The van der Waals surface area contributed by atoms with E-state index in [4.69, 9.17) is 25.8 Å². The summed E-state index contributed by atoms with van der Waals surface area (Å²) in [6, 6.07) is 17.7. The van der Waals surface area contributed by atoms with E-state index in [1.807, 2.05) is 12.1 Å². The zero-order valence-electron chi connectivity index (χ0n) is 20.1. The van der Waals surface area contributed by atoms with Crippen molar-refractivity contribution >= 4 is 56.7 Å². The highest BCUT2D eigenvalue weighted by molar-refractivity contribution is 9.10. The fourth-order valence-electron chi connectivity index (χ4n) is 3.87. The van der Waals surface area contributed by atoms with Gasteiger partial charge in [0.1, 0.15) is 5.75 Å². The second-order valence-corrected chi connectivity index (χ2v) is 9.57. The summed E-state index contributed by atoms with van der Waals surface area (Å²) in [5, 5.41) is 3.16. The lowest BCUT2D eigenvalue weighted by atomic mass is 10.1. The number of methoxy groups -OCH3 is 1. The van der Waals surface area contributed by atoms with Crippen LogP contribution >= 0.6 is 27.5 Å². The van der Waals surface area contributed by atoms with Crippen molar-refractivity contribution in [1.29, 1.82) is 0 Å². The zero-order chi connectivity index (χ0) is 26.5. The number of esters is 1. The van der Waals surface area contributed by atoms with Crippen molar-refractivity contribution < 1.29 is 28.6 Å². The Morgan fingerprint density at radius 2 is 1.78 bits per heavy atom. The second-order valence-electron chi connectivity index (χ2n) is 8.34. The molecule has 0 aliphatic carbocycles. The number of halogens is 2. The molecule has 8 nitrogen and oxygen atoms in total. The van der Waals surface area contributed by atoms with E-state index in [0.29, 0.717) is 43.7 Å². The molecule has 4 rings (SSSR count). The van der Waals surface area contributed by atoms with E-state index in [9.17, 15) is 14.4 Å². The van der Waals surface area contributed by atoms with Gasteiger partial charge in [0, 0.05) is 28.8 Å². The van der Waals surface area contributed by atoms with Gasteiger partial charge in [0.25, 0.3) is 5.91 Å². The smallest absolute Gasteiger partial charge is 0.311 e. The topological polar surface area (TPSA) is 94.2 Å². The second kappa shape index (κ2) is 11.7. The molecule has 1 saturated heterocycles. The number of anilines is 2. The molecule has 3 aromatic rings.